The Kier molecular flexibility index (Phi) is 8.49. The van der Waals surface area contributed by atoms with Gasteiger partial charge in [0.2, 0.25) is 0 Å². The summed E-state index contributed by atoms with van der Waals surface area (Å²) in [6.45, 7) is 5.42. The van der Waals surface area contributed by atoms with Crippen molar-refractivity contribution in [1.82, 2.24) is 0 Å². The first-order valence-electron chi connectivity index (χ1n) is 6.05. The van der Waals surface area contributed by atoms with Gasteiger partial charge < -0.3 is 5.11 Å². The lowest BCUT2D eigenvalue weighted by Crippen LogP contribution is -2.10. The summed E-state index contributed by atoms with van der Waals surface area (Å²) >= 11 is 0. The maximum Gasteiger partial charge on any atom is 0.338 e. The standard InChI is InChI=1S/C13H22O3/c1-3-4-5-6-7-8-9-10-12(14)11(2)13(15)16/h2-10H2,1H3,(H,15,16). The maximum absolute atomic E-state index is 11.2. The van der Waals surface area contributed by atoms with E-state index in [-0.39, 0.29) is 11.4 Å². The highest BCUT2D eigenvalue weighted by molar-refractivity contribution is 6.15. The summed E-state index contributed by atoms with van der Waals surface area (Å²) < 4.78 is 0. The Labute approximate surface area is 97.5 Å². The molecule has 0 aromatic rings. The van der Waals surface area contributed by atoms with E-state index >= 15 is 0 Å². The number of carboxylic acid groups (broad SMARTS) is 1. The smallest absolute Gasteiger partial charge is 0.338 e. The van der Waals surface area contributed by atoms with E-state index in [1.165, 1.54) is 25.7 Å². The van der Waals surface area contributed by atoms with Gasteiger partial charge in [-0.05, 0) is 6.42 Å². The number of hydrogen-bond acceptors (Lipinski definition) is 2. The van der Waals surface area contributed by atoms with Crippen LogP contribution in [0.4, 0.5) is 0 Å². The molecule has 0 saturated carbocycles. The first-order valence-corrected chi connectivity index (χ1v) is 6.05. The minimum Gasteiger partial charge on any atom is -0.478 e. The topological polar surface area (TPSA) is 54.4 Å². The Hall–Kier alpha value is -1.12. The summed E-state index contributed by atoms with van der Waals surface area (Å²) in [4.78, 5) is 21.7. The van der Waals surface area contributed by atoms with Crippen LogP contribution in [0.5, 0.6) is 0 Å². The molecule has 16 heavy (non-hydrogen) atoms. The van der Waals surface area contributed by atoms with E-state index in [9.17, 15) is 9.59 Å². The van der Waals surface area contributed by atoms with Gasteiger partial charge in [0.1, 0.15) is 0 Å². The Morgan fingerprint density at radius 2 is 1.50 bits per heavy atom. The molecule has 1 N–H and O–H groups in total. The Balaban J connectivity index is 3.42. The van der Waals surface area contributed by atoms with Crippen LogP contribution in [0, 0.1) is 0 Å². The SMILES string of the molecule is C=C(C(=O)O)C(=O)CCCCCCCCC. The van der Waals surface area contributed by atoms with Gasteiger partial charge in [-0.15, -0.1) is 0 Å². The first kappa shape index (κ1) is 14.9. The molecule has 0 unspecified atom stereocenters. The van der Waals surface area contributed by atoms with Crippen LogP contribution in [0.25, 0.3) is 0 Å². The van der Waals surface area contributed by atoms with Gasteiger partial charge in [-0.1, -0.05) is 52.0 Å². The zero-order chi connectivity index (χ0) is 12.4. The maximum atomic E-state index is 11.2. The Bertz CT molecular complexity index is 244. The number of aliphatic carboxylic acids is 1. The number of hydrogen-bond donors (Lipinski definition) is 1. The lowest BCUT2D eigenvalue weighted by atomic mass is 10.0. The van der Waals surface area contributed by atoms with E-state index in [4.69, 9.17) is 5.11 Å². The number of carbonyl (C=O) groups is 2. The molecular formula is C13H22O3. The minimum absolute atomic E-state index is 0.286. The van der Waals surface area contributed by atoms with Crippen molar-refractivity contribution in [3.05, 3.63) is 12.2 Å². The van der Waals surface area contributed by atoms with Gasteiger partial charge in [0.05, 0.1) is 5.57 Å². The molecule has 0 radical (unpaired) electrons. The second-order valence-electron chi connectivity index (χ2n) is 4.08. The third-order valence-corrected chi connectivity index (χ3v) is 2.60. The molecular weight excluding hydrogens is 204 g/mol. The second-order valence-corrected chi connectivity index (χ2v) is 4.08. The molecule has 0 amide bonds. The number of ketones is 1. The Morgan fingerprint density at radius 3 is 2.00 bits per heavy atom. The van der Waals surface area contributed by atoms with E-state index in [1.54, 1.807) is 0 Å². The van der Waals surface area contributed by atoms with Gasteiger partial charge in [0, 0.05) is 6.42 Å². The van der Waals surface area contributed by atoms with Crippen LogP contribution in [-0.4, -0.2) is 16.9 Å². The van der Waals surface area contributed by atoms with Gasteiger partial charge in [0.25, 0.3) is 0 Å². The Morgan fingerprint density at radius 1 is 1.00 bits per heavy atom. The highest BCUT2D eigenvalue weighted by Crippen LogP contribution is 2.10. The predicted octanol–water partition coefficient (Wildman–Crippen LogP) is 3.34. The van der Waals surface area contributed by atoms with Crippen molar-refractivity contribution < 1.29 is 14.7 Å². The molecule has 3 nitrogen and oxygen atoms in total. The van der Waals surface area contributed by atoms with Crippen molar-refractivity contribution in [2.24, 2.45) is 0 Å². The van der Waals surface area contributed by atoms with Crippen molar-refractivity contribution in [3.8, 4) is 0 Å². The summed E-state index contributed by atoms with van der Waals surface area (Å²) in [5, 5.41) is 8.53. The largest absolute Gasteiger partial charge is 0.478 e. The van der Waals surface area contributed by atoms with E-state index in [0.29, 0.717) is 6.42 Å². The number of carbonyl (C=O) groups excluding carboxylic acids is 1. The molecule has 0 bridgehead atoms. The van der Waals surface area contributed by atoms with Gasteiger partial charge >= 0.3 is 5.97 Å². The van der Waals surface area contributed by atoms with E-state index in [0.717, 1.165) is 19.3 Å². The molecule has 92 valence electrons. The van der Waals surface area contributed by atoms with Gasteiger partial charge in [-0.25, -0.2) is 4.79 Å². The average molecular weight is 226 g/mol. The van der Waals surface area contributed by atoms with E-state index < -0.39 is 5.97 Å². The highest BCUT2D eigenvalue weighted by Gasteiger charge is 2.13. The molecule has 0 aromatic heterocycles. The lowest BCUT2D eigenvalue weighted by Gasteiger charge is -2.01. The fraction of sp³-hybridized carbons (Fsp3) is 0.692. The molecule has 0 heterocycles. The fourth-order valence-corrected chi connectivity index (χ4v) is 1.51. The third-order valence-electron chi connectivity index (χ3n) is 2.60. The zero-order valence-corrected chi connectivity index (χ0v) is 10.1. The quantitative estimate of drug-likeness (QED) is 0.269. The van der Waals surface area contributed by atoms with Crippen LogP contribution in [0.3, 0.4) is 0 Å². The molecule has 0 aliphatic rings. The van der Waals surface area contributed by atoms with Crippen molar-refractivity contribution in [2.45, 2.75) is 58.3 Å². The normalized spacial score (nSPS) is 10.1. The monoisotopic (exact) mass is 226 g/mol. The summed E-state index contributed by atoms with van der Waals surface area (Å²) in [5.74, 6) is -1.53. The number of Topliss-reactive ketones (excluding diaryl/α,β-unsaturated/α-hetero) is 1. The van der Waals surface area contributed by atoms with Crippen LogP contribution in [-0.2, 0) is 9.59 Å². The van der Waals surface area contributed by atoms with Gasteiger partial charge in [-0.2, -0.15) is 0 Å². The first-order chi connectivity index (χ1) is 7.59. The summed E-state index contributed by atoms with van der Waals surface area (Å²) in [6.07, 6.45) is 8.20. The second kappa shape index (κ2) is 9.13. The molecule has 0 atom stereocenters. The molecule has 3 heteroatoms. The molecule has 0 aliphatic carbocycles. The zero-order valence-electron chi connectivity index (χ0n) is 10.1. The van der Waals surface area contributed by atoms with Crippen molar-refractivity contribution in [3.63, 3.8) is 0 Å². The highest BCUT2D eigenvalue weighted by atomic mass is 16.4. The van der Waals surface area contributed by atoms with Crippen LogP contribution >= 0.6 is 0 Å². The minimum atomic E-state index is -1.20. The molecule has 0 aromatic carbocycles. The number of unbranched alkanes of at least 4 members (excludes halogenated alkanes) is 6. The number of rotatable bonds is 10. The van der Waals surface area contributed by atoms with Crippen molar-refractivity contribution >= 4 is 11.8 Å². The predicted molar refractivity (Wildman–Crippen MR) is 64.4 cm³/mol. The number of carboxylic acids is 1. The van der Waals surface area contributed by atoms with E-state index in [1.807, 2.05) is 0 Å². The molecule has 0 rings (SSSR count). The molecule has 0 fully saturated rings. The van der Waals surface area contributed by atoms with Crippen LogP contribution in [0.15, 0.2) is 12.2 Å². The van der Waals surface area contributed by atoms with E-state index in [2.05, 4.69) is 13.5 Å². The van der Waals surface area contributed by atoms with Crippen molar-refractivity contribution in [1.29, 1.82) is 0 Å². The summed E-state index contributed by atoms with van der Waals surface area (Å²) in [5.41, 5.74) is -0.286. The van der Waals surface area contributed by atoms with Gasteiger partial charge in [0.15, 0.2) is 5.78 Å². The van der Waals surface area contributed by atoms with Crippen LogP contribution < -0.4 is 0 Å². The van der Waals surface area contributed by atoms with Crippen LogP contribution in [0.1, 0.15) is 58.3 Å². The molecule has 0 spiro atoms. The van der Waals surface area contributed by atoms with Crippen LogP contribution in [0.2, 0.25) is 0 Å². The summed E-state index contributed by atoms with van der Waals surface area (Å²) in [6, 6.07) is 0. The van der Waals surface area contributed by atoms with Gasteiger partial charge in [-0.3, -0.25) is 4.79 Å². The molecule has 0 saturated heterocycles. The van der Waals surface area contributed by atoms with Crippen molar-refractivity contribution in [2.75, 3.05) is 0 Å². The molecule has 0 aliphatic heterocycles. The lowest BCUT2D eigenvalue weighted by molar-refractivity contribution is -0.134. The average Bonchev–Trinajstić information content (AvgIpc) is 2.26. The third kappa shape index (κ3) is 7.21. The summed E-state index contributed by atoms with van der Waals surface area (Å²) in [7, 11) is 0. The fourth-order valence-electron chi connectivity index (χ4n) is 1.51.